The van der Waals surface area contributed by atoms with Gasteiger partial charge in [0.2, 0.25) is 0 Å². The molecule has 3 aliphatic rings. The first-order valence-electron chi connectivity index (χ1n) is 11.8. The summed E-state index contributed by atoms with van der Waals surface area (Å²) in [5.41, 5.74) is 1.48. The van der Waals surface area contributed by atoms with Gasteiger partial charge in [0, 0.05) is 30.9 Å². The molecule has 2 amide bonds. The molecule has 1 aliphatic heterocycles. The molecule has 0 spiro atoms. The Morgan fingerprint density at radius 1 is 1.28 bits per heavy atom. The zero-order chi connectivity index (χ0) is 22.7. The molecule has 0 aromatic carbocycles. The van der Waals surface area contributed by atoms with Crippen molar-refractivity contribution in [2.45, 2.75) is 76.8 Å². The first kappa shape index (κ1) is 22.3. The quantitative estimate of drug-likeness (QED) is 0.507. The maximum atomic E-state index is 12.7. The minimum absolute atomic E-state index is 0.00516. The van der Waals surface area contributed by atoms with Crippen LogP contribution in [0.25, 0.3) is 0 Å². The van der Waals surface area contributed by atoms with E-state index in [2.05, 4.69) is 27.8 Å². The summed E-state index contributed by atoms with van der Waals surface area (Å²) >= 11 is 0. The van der Waals surface area contributed by atoms with Crippen molar-refractivity contribution < 1.29 is 4.79 Å². The highest BCUT2D eigenvalue weighted by molar-refractivity contribution is 6.00. The molecule has 0 bridgehead atoms. The van der Waals surface area contributed by atoms with E-state index in [-0.39, 0.29) is 35.3 Å². The number of aromatic nitrogens is 2. The smallest absolute Gasteiger partial charge is 0.317 e. The van der Waals surface area contributed by atoms with E-state index in [1.807, 2.05) is 13.0 Å². The highest BCUT2D eigenvalue weighted by atomic mass is 16.2. The molecule has 1 aromatic heterocycles. The summed E-state index contributed by atoms with van der Waals surface area (Å²) in [4.78, 5) is 34.7. The van der Waals surface area contributed by atoms with Gasteiger partial charge in [0.1, 0.15) is 17.2 Å². The Kier molecular flexibility index (Phi) is 6.77. The SMILES string of the molecule is CC(=N)c1c(NC2CCCCC2)nc(C2CN(C(=O)N[C@@H](C)C3=CC=CCC3)C2)[nH]c1=O. The van der Waals surface area contributed by atoms with Gasteiger partial charge in [-0.1, -0.05) is 37.5 Å². The van der Waals surface area contributed by atoms with E-state index in [0.29, 0.717) is 30.3 Å². The first-order valence-corrected chi connectivity index (χ1v) is 11.8. The van der Waals surface area contributed by atoms with E-state index < -0.39 is 0 Å². The van der Waals surface area contributed by atoms with Crippen LogP contribution in [-0.2, 0) is 0 Å². The van der Waals surface area contributed by atoms with Gasteiger partial charge in [-0.05, 0) is 45.1 Å². The zero-order valence-corrected chi connectivity index (χ0v) is 19.0. The molecule has 1 saturated carbocycles. The van der Waals surface area contributed by atoms with E-state index in [0.717, 1.165) is 25.7 Å². The van der Waals surface area contributed by atoms with Crippen molar-refractivity contribution in [1.29, 1.82) is 5.41 Å². The number of amides is 2. The molecule has 0 radical (unpaired) electrons. The zero-order valence-electron chi connectivity index (χ0n) is 19.0. The topological polar surface area (TPSA) is 114 Å². The molecular formula is C24H34N6O2. The number of nitrogens with zero attached hydrogens (tertiary/aromatic N) is 2. The van der Waals surface area contributed by atoms with Crippen LogP contribution in [0.3, 0.4) is 0 Å². The van der Waals surface area contributed by atoms with Gasteiger partial charge in [-0.25, -0.2) is 9.78 Å². The Balaban J connectivity index is 1.41. The van der Waals surface area contributed by atoms with Crippen LogP contribution < -0.4 is 16.2 Å². The van der Waals surface area contributed by atoms with Gasteiger partial charge in [0.15, 0.2) is 0 Å². The van der Waals surface area contributed by atoms with E-state index in [9.17, 15) is 9.59 Å². The molecule has 2 aliphatic carbocycles. The number of carbonyl (C=O) groups excluding carboxylic acids is 1. The summed E-state index contributed by atoms with van der Waals surface area (Å²) in [5, 5.41) is 14.6. The Morgan fingerprint density at radius 2 is 2.03 bits per heavy atom. The van der Waals surface area contributed by atoms with Crippen molar-refractivity contribution in [3.63, 3.8) is 0 Å². The summed E-state index contributed by atoms with van der Waals surface area (Å²) in [5.74, 6) is 1.10. The van der Waals surface area contributed by atoms with Gasteiger partial charge in [-0.15, -0.1) is 0 Å². The number of aromatic amines is 1. The molecule has 8 nitrogen and oxygen atoms in total. The maximum Gasteiger partial charge on any atom is 0.317 e. The number of hydrogen-bond donors (Lipinski definition) is 4. The Labute approximate surface area is 189 Å². The van der Waals surface area contributed by atoms with Crippen LogP contribution in [0, 0.1) is 5.41 Å². The lowest BCUT2D eigenvalue weighted by atomic mass is 9.95. The van der Waals surface area contributed by atoms with Gasteiger partial charge in [-0.2, -0.15) is 0 Å². The van der Waals surface area contributed by atoms with Gasteiger partial charge in [0.25, 0.3) is 5.56 Å². The monoisotopic (exact) mass is 438 g/mol. The number of rotatable bonds is 6. The number of H-pyrrole nitrogens is 1. The van der Waals surface area contributed by atoms with E-state index >= 15 is 0 Å². The first-order chi connectivity index (χ1) is 15.4. The van der Waals surface area contributed by atoms with Crippen molar-refractivity contribution in [2.24, 2.45) is 0 Å². The van der Waals surface area contributed by atoms with Crippen LogP contribution in [0.1, 0.15) is 76.1 Å². The third-order valence-electron chi connectivity index (χ3n) is 6.76. The van der Waals surface area contributed by atoms with Crippen molar-refractivity contribution in [2.75, 3.05) is 18.4 Å². The van der Waals surface area contributed by atoms with E-state index in [1.165, 1.54) is 24.8 Å². The van der Waals surface area contributed by atoms with Crippen LogP contribution in [0.4, 0.5) is 10.6 Å². The van der Waals surface area contributed by atoms with Crippen LogP contribution in [0.15, 0.2) is 28.6 Å². The molecular weight excluding hydrogens is 404 g/mol. The Hall–Kier alpha value is -2.90. The molecule has 172 valence electrons. The van der Waals surface area contributed by atoms with Crippen LogP contribution >= 0.6 is 0 Å². The lowest BCUT2D eigenvalue weighted by Gasteiger charge is -2.39. The number of hydrogen-bond acceptors (Lipinski definition) is 5. The summed E-state index contributed by atoms with van der Waals surface area (Å²) in [6.07, 6.45) is 13.9. The third kappa shape index (κ3) is 4.95. The van der Waals surface area contributed by atoms with Gasteiger partial charge in [-0.3, -0.25) is 4.79 Å². The third-order valence-corrected chi connectivity index (χ3v) is 6.76. The standard InChI is InChI=1S/C24H34N6O2/c1-15(25)20-22(27-19-11-7-4-8-12-19)28-21(29-23(20)31)18-13-30(14-18)24(32)26-16(2)17-9-5-3-6-10-17/h3,5,9,16,18-19,25H,4,6-8,10-14H2,1-2H3,(H,26,32)(H2,27,28,29,31)/t16-/m0/s1. The highest BCUT2D eigenvalue weighted by Gasteiger charge is 2.35. The van der Waals surface area contributed by atoms with Crippen LogP contribution in [0.5, 0.6) is 0 Å². The molecule has 1 saturated heterocycles. The number of allylic oxidation sites excluding steroid dienone is 3. The molecule has 2 heterocycles. The molecule has 1 atom stereocenters. The predicted octanol–water partition coefficient (Wildman–Crippen LogP) is 3.68. The largest absolute Gasteiger partial charge is 0.367 e. The average molecular weight is 439 g/mol. The molecule has 1 aromatic rings. The van der Waals surface area contributed by atoms with Crippen molar-refractivity contribution >= 4 is 17.6 Å². The lowest BCUT2D eigenvalue weighted by Crippen LogP contribution is -2.55. The fourth-order valence-corrected chi connectivity index (χ4v) is 4.75. The molecule has 4 rings (SSSR count). The second-order valence-corrected chi connectivity index (χ2v) is 9.26. The number of anilines is 1. The molecule has 8 heteroatoms. The van der Waals surface area contributed by atoms with E-state index in [4.69, 9.17) is 10.4 Å². The number of likely N-dealkylation sites (tertiary alicyclic amines) is 1. The summed E-state index contributed by atoms with van der Waals surface area (Å²) in [6.45, 7) is 4.67. The van der Waals surface area contributed by atoms with Crippen molar-refractivity contribution in [1.82, 2.24) is 20.2 Å². The maximum absolute atomic E-state index is 12.7. The minimum Gasteiger partial charge on any atom is -0.367 e. The van der Waals surface area contributed by atoms with Crippen LogP contribution in [0.2, 0.25) is 0 Å². The fourth-order valence-electron chi connectivity index (χ4n) is 4.75. The fraction of sp³-hybridized carbons (Fsp3) is 0.583. The summed E-state index contributed by atoms with van der Waals surface area (Å²) in [6, 6.07) is 0.211. The number of nitrogens with one attached hydrogen (secondary N) is 4. The molecule has 0 unspecified atom stereocenters. The second kappa shape index (κ2) is 9.71. The van der Waals surface area contributed by atoms with Gasteiger partial charge in [0.05, 0.1) is 5.92 Å². The molecule has 2 fully saturated rings. The molecule has 32 heavy (non-hydrogen) atoms. The van der Waals surface area contributed by atoms with E-state index in [1.54, 1.807) is 11.8 Å². The second-order valence-electron chi connectivity index (χ2n) is 9.26. The summed E-state index contributed by atoms with van der Waals surface area (Å²) < 4.78 is 0. The van der Waals surface area contributed by atoms with Crippen LogP contribution in [-0.4, -0.2) is 51.8 Å². The van der Waals surface area contributed by atoms with Gasteiger partial charge >= 0.3 is 6.03 Å². The Morgan fingerprint density at radius 3 is 2.69 bits per heavy atom. The predicted molar refractivity (Wildman–Crippen MR) is 127 cm³/mol. The normalized spacial score (nSPS) is 20.3. The summed E-state index contributed by atoms with van der Waals surface area (Å²) in [7, 11) is 0. The number of carbonyl (C=O) groups is 1. The van der Waals surface area contributed by atoms with Crippen molar-refractivity contribution in [3.05, 3.63) is 45.5 Å². The molecule has 4 N–H and O–H groups in total. The number of urea groups is 1. The minimum atomic E-state index is -0.283. The van der Waals surface area contributed by atoms with Gasteiger partial charge < -0.3 is 25.9 Å². The van der Waals surface area contributed by atoms with Crippen molar-refractivity contribution in [3.8, 4) is 0 Å². The lowest BCUT2D eigenvalue weighted by molar-refractivity contribution is 0.147. The highest BCUT2D eigenvalue weighted by Crippen LogP contribution is 2.27. The average Bonchev–Trinajstić information content (AvgIpc) is 2.73. The Bertz CT molecular complexity index is 983.